The summed E-state index contributed by atoms with van der Waals surface area (Å²) in [4.78, 5) is 0. The monoisotopic (exact) mass is 401 g/mol. The SMILES string of the molecule is COc1cc2c(cc1OC)C(C1(c3ccccc3Br)CCC1)NCC2. The van der Waals surface area contributed by atoms with Crippen LogP contribution in [-0.4, -0.2) is 20.8 Å². The summed E-state index contributed by atoms with van der Waals surface area (Å²) in [5.74, 6) is 1.64. The van der Waals surface area contributed by atoms with E-state index in [1.807, 2.05) is 0 Å². The van der Waals surface area contributed by atoms with Crippen molar-refractivity contribution in [1.29, 1.82) is 0 Å². The van der Waals surface area contributed by atoms with Crippen LogP contribution in [0.3, 0.4) is 0 Å². The second kappa shape index (κ2) is 6.65. The van der Waals surface area contributed by atoms with E-state index < -0.39 is 0 Å². The van der Waals surface area contributed by atoms with E-state index >= 15 is 0 Å². The predicted octanol–water partition coefficient (Wildman–Crippen LogP) is 4.78. The molecule has 1 unspecified atom stereocenters. The number of halogens is 1. The standard InChI is InChI=1S/C21H24BrNO2/c1-24-18-12-14-8-11-23-20(15(14)13-19(18)25-2)21(9-5-10-21)16-6-3-4-7-17(16)22/h3-4,6-7,12-13,20,23H,5,8-11H2,1-2H3. The average Bonchev–Trinajstić information content (AvgIpc) is 2.61. The molecule has 1 aliphatic carbocycles. The summed E-state index contributed by atoms with van der Waals surface area (Å²) in [6, 6.07) is 13.3. The van der Waals surface area contributed by atoms with Crippen LogP contribution in [0.1, 0.15) is 42.0 Å². The lowest BCUT2D eigenvalue weighted by molar-refractivity contribution is 0.163. The van der Waals surface area contributed by atoms with Gasteiger partial charge in [0.15, 0.2) is 11.5 Å². The van der Waals surface area contributed by atoms with Crippen LogP contribution in [0.2, 0.25) is 0 Å². The first kappa shape index (κ1) is 16.9. The van der Waals surface area contributed by atoms with Gasteiger partial charge in [-0.05, 0) is 60.7 Å². The van der Waals surface area contributed by atoms with Crippen LogP contribution in [0.25, 0.3) is 0 Å². The van der Waals surface area contributed by atoms with Gasteiger partial charge in [-0.2, -0.15) is 0 Å². The summed E-state index contributed by atoms with van der Waals surface area (Å²) in [5.41, 5.74) is 4.30. The normalized spacial score (nSPS) is 21.2. The Hall–Kier alpha value is -1.52. The molecule has 0 saturated heterocycles. The van der Waals surface area contributed by atoms with Crippen molar-refractivity contribution >= 4 is 15.9 Å². The molecule has 2 aromatic rings. The predicted molar refractivity (Wildman–Crippen MR) is 104 cm³/mol. The minimum atomic E-state index is 0.148. The quantitative estimate of drug-likeness (QED) is 0.799. The summed E-state index contributed by atoms with van der Waals surface area (Å²) < 4.78 is 12.3. The van der Waals surface area contributed by atoms with Crippen LogP contribution in [0.15, 0.2) is 40.9 Å². The highest BCUT2D eigenvalue weighted by Gasteiger charge is 2.48. The van der Waals surface area contributed by atoms with Gasteiger partial charge in [0.2, 0.25) is 0 Å². The van der Waals surface area contributed by atoms with Crippen LogP contribution < -0.4 is 14.8 Å². The van der Waals surface area contributed by atoms with Gasteiger partial charge in [0.25, 0.3) is 0 Å². The minimum Gasteiger partial charge on any atom is -0.493 e. The maximum Gasteiger partial charge on any atom is 0.161 e. The molecule has 25 heavy (non-hydrogen) atoms. The molecule has 4 rings (SSSR count). The van der Waals surface area contributed by atoms with Gasteiger partial charge >= 0.3 is 0 Å². The second-order valence-corrected chi connectivity index (χ2v) is 7.89. The van der Waals surface area contributed by atoms with Crippen molar-refractivity contribution in [2.45, 2.75) is 37.1 Å². The van der Waals surface area contributed by atoms with Gasteiger partial charge in [0, 0.05) is 15.9 Å². The van der Waals surface area contributed by atoms with Crippen molar-refractivity contribution in [2.75, 3.05) is 20.8 Å². The van der Waals surface area contributed by atoms with Crippen LogP contribution >= 0.6 is 15.9 Å². The number of hydrogen-bond donors (Lipinski definition) is 1. The molecule has 1 aliphatic heterocycles. The van der Waals surface area contributed by atoms with Gasteiger partial charge in [0.05, 0.1) is 14.2 Å². The topological polar surface area (TPSA) is 30.5 Å². The number of nitrogens with one attached hydrogen (secondary N) is 1. The van der Waals surface area contributed by atoms with E-state index in [1.54, 1.807) is 14.2 Å². The summed E-state index contributed by atoms with van der Waals surface area (Å²) in [6.07, 6.45) is 4.72. The molecule has 132 valence electrons. The summed E-state index contributed by atoms with van der Waals surface area (Å²) in [5, 5.41) is 3.82. The third-order valence-electron chi connectivity index (χ3n) is 5.91. The van der Waals surface area contributed by atoms with Crippen molar-refractivity contribution in [2.24, 2.45) is 0 Å². The first-order valence-corrected chi connectivity index (χ1v) is 9.72. The van der Waals surface area contributed by atoms with E-state index in [2.05, 4.69) is 57.6 Å². The summed E-state index contributed by atoms with van der Waals surface area (Å²) in [6.45, 7) is 0.999. The molecule has 0 radical (unpaired) electrons. The fourth-order valence-corrected chi connectivity index (χ4v) is 5.19. The fourth-order valence-electron chi connectivity index (χ4n) is 4.51. The highest BCUT2D eigenvalue weighted by molar-refractivity contribution is 9.10. The van der Waals surface area contributed by atoms with E-state index in [-0.39, 0.29) is 5.41 Å². The number of rotatable bonds is 4. The van der Waals surface area contributed by atoms with Crippen molar-refractivity contribution in [1.82, 2.24) is 5.32 Å². The molecular weight excluding hydrogens is 378 g/mol. The summed E-state index contributed by atoms with van der Waals surface area (Å²) >= 11 is 3.79. The largest absolute Gasteiger partial charge is 0.493 e. The molecule has 3 nitrogen and oxygen atoms in total. The zero-order valence-corrected chi connectivity index (χ0v) is 16.4. The maximum absolute atomic E-state index is 5.58. The molecule has 2 aliphatic rings. The Morgan fingerprint density at radius 2 is 1.80 bits per heavy atom. The first-order valence-electron chi connectivity index (χ1n) is 8.93. The Morgan fingerprint density at radius 1 is 1.08 bits per heavy atom. The summed E-state index contributed by atoms with van der Waals surface area (Å²) in [7, 11) is 3.42. The Kier molecular flexibility index (Phi) is 4.50. The highest BCUT2D eigenvalue weighted by Crippen LogP contribution is 2.55. The minimum absolute atomic E-state index is 0.148. The maximum atomic E-state index is 5.58. The number of benzene rings is 2. The molecule has 4 heteroatoms. The molecular formula is C21H24BrNO2. The van der Waals surface area contributed by atoms with Crippen molar-refractivity contribution < 1.29 is 9.47 Å². The van der Waals surface area contributed by atoms with Crippen molar-refractivity contribution in [3.63, 3.8) is 0 Å². The van der Waals surface area contributed by atoms with Crippen LogP contribution in [-0.2, 0) is 11.8 Å². The molecule has 1 fully saturated rings. The van der Waals surface area contributed by atoms with E-state index in [9.17, 15) is 0 Å². The van der Waals surface area contributed by atoms with E-state index in [0.717, 1.165) is 24.5 Å². The van der Waals surface area contributed by atoms with Gasteiger partial charge < -0.3 is 14.8 Å². The second-order valence-electron chi connectivity index (χ2n) is 7.03. The lowest BCUT2D eigenvalue weighted by Gasteiger charge is -2.51. The molecule has 1 N–H and O–H groups in total. The van der Waals surface area contributed by atoms with Gasteiger partial charge in [-0.3, -0.25) is 0 Å². The molecule has 0 spiro atoms. The van der Waals surface area contributed by atoms with Gasteiger partial charge in [-0.1, -0.05) is 40.5 Å². The number of hydrogen-bond acceptors (Lipinski definition) is 3. The van der Waals surface area contributed by atoms with Crippen molar-refractivity contribution in [3.05, 3.63) is 57.6 Å². The molecule has 1 saturated carbocycles. The first-order chi connectivity index (χ1) is 12.2. The van der Waals surface area contributed by atoms with Crippen molar-refractivity contribution in [3.8, 4) is 11.5 Å². The number of ether oxygens (including phenoxy) is 2. The fraction of sp³-hybridized carbons (Fsp3) is 0.429. The highest BCUT2D eigenvalue weighted by atomic mass is 79.9. The third-order valence-corrected chi connectivity index (χ3v) is 6.60. The van der Waals surface area contributed by atoms with E-state index in [4.69, 9.17) is 9.47 Å². The van der Waals surface area contributed by atoms with E-state index in [0.29, 0.717) is 6.04 Å². The number of methoxy groups -OCH3 is 2. The Labute approximate surface area is 157 Å². The Bertz CT molecular complexity index is 785. The molecule has 1 atom stereocenters. The zero-order chi connectivity index (χ0) is 17.4. The van der Waals surface area contributed by atoms with E-state index in [1.165, 1.54) is 40.4 Å². The molecule has 0 aromatic heterocycles. The Morgan fingerprint density at radius 3 is 2.44 bits per heavy atom. The van der Waals surface area contributed by atoms with Crippen LogP contribution in [0, 0.1) is 0 Å². The molecule has 2 aromatic carbocycles. The van der Waals surface area contributed by atoms with Gasteiger partial charge in [0.1, 0.15) is 0 Å². The number of fused-ring (bicyclic) bond motifs is 1. The zero-order valence-electron chi connectivity index (χ0n) is 14.8. The van der Waals surface area contributed by atoms with Crippen LogP contribution in [0.4, 0.5) is 0 Å². The molecule has 1 heterocycles. The lowest BCUT2D eigenvalue weighted by Crippen LogP contribution is -2.49. The smallest absolute Gasteiger partial charge is 0.161 e. The molecule has 0 bridgehead atoms. The Balaban J connectivity index is 1.83. The third kappa shape index (κ3) is 2.67. The van der Waals surface area contributed by atoms with Crippen LogP contribution in [0.5, 0.6) is 11.5 Å². The van der Waals surface area contributed by atoms with Gasteiger partial charge in [-0.15, -0.1) is 0 Å². The lowest BCUT2D eigenvalue weighted by atomic mass is 9.58. The van der Waals surface area contributed by atoms with Gasteiger partial charge in [-0.25, -0.2) is 0 Å². The average molecular weight is 402 g/mol. The molecule has 0 amide bonds.